The van der Waals surface area contributed by atoms with Gasteiger partial charge in [0.2, 0.25) is 5.91 Å². The van der Waals surface area contributed by atoms with E-state index in [4.69, 9.17) is 0 Å². The number of fused-ring (bicyclic) bond motifs is 1. The monoisotopic (exact) mass is 422 g/mol. The summed E-state index contributed by atoms with van der Waals surface area (Å²) in [6.07, 6.45) is 4.06. The number of aromatic nitrogens is 2. The maximum Gasteiger partial charge on any atom is 0.254 e. The number of benzene rings is 1. The Morgan fingerprint density at radius 1 is 1.23 bits per heavy atom. The van der Waals surface area contributed by atoms with Crippen molar-refractivity contribution in [3.8, 4) is 0 Å². The number of amides is 2. The molecule has 4 rings (SSSR count). The van der Waals surface area contributed by atoms with Crippen molar-refractivity contribution < 1.29 is 9.59 Å². The van der Waals surface area contributed by atoms with Crippen molar-refractivity contribution in [2.75, 3.05) is 5.32 Å². The van der Waals surface area contributed by atoms with Gasteiger partial charge in [-0.15, -0.1) is 0 Å². The van der Waals surface area contributed by atoms with Gasteiger partial charge in [-0.3, -0.25) is 14.3 Å². The molecule has 2 aromatic rings. The Hall–Kier alpha value is -2.63. The van der Waals surface area contributed by atoms with Gasteiger partial charge in [-0.25, -0.2) is 0 Å². The van der Waals surface area contributed by atoms with Crippen LogP contribution in [0.25, 0.3) is 0 Å². The van der Waals surface area contributed by atoms with Crippen molar-refractivity contribution in [1.82, 2.24) is 14.7 Å². The molecular formula is C25H34N4O2. The second-order valence-electron chi connectivity index (χ2n) is 10.4. The highest BCUT2D eigenvalue weighted by molar-refractivity contribution is 5.99. The molecule has 1 aliphatic heterocycles. The second-order valence-corrected chi connectivity index (χ2v) is 10.4. The van der Waals surface area contributed by atoms with Crippen molar-refractivity contribution in [1.29, 1.82) is 0 Å². The average Bonchev–Trinajstić information content (AvgIpc) is 3.20. The summed E-state index contributed by atoms with van der Waals surface area (Å²) in [5, 5.41) is 7.33. The van der Waals surface area contributed by atoms with Crippen LogP contribution in [-0.4, -0.2) is 32.0 Å². The van der Waals surface area contributed by atoms with Crippen LogP contribution in [-0.2, 0) is 18.4 Å². The van der Waals surface area contributed by atoms with Crippen LogP contribution in [0.1, 0.15) is 74.5 Å². The molecule has 6 heteroatoms. The smallest absolute Gasteiger partial charge is 0.254 e. The van der Waals surface area contributed by atoms with Crippen molar-refractivity contribution >= 4 is 17.6 Å². The molecule has 6 nitrogen and oxygen atoms in total. The van der Waals surface area contributed by atoms with Gasteiger partial charge < -0.3 is 10.2 Å². The number of aryl methyl sites for hydroxylation is 2. The Bertz CT molecular complexity index is 974. The molecule has 1 aromatic carbocycles. The molecule has 1 fully saturated rings. The molecule has 2 aliphatic rings. The summed E-state index contributed by atoms with van der Waals surface area (Å²) in [6, 6.07) is 9.70. The molecule has 1 N–H and O–H groups in total. The molecule has 0 spiro atoms. The molecule has 0 radical (unpaired) electrons. The molecule has 0 unspecified atom stereocenters. The van der Waals surface area contributed by atoms with E-state index in [9.17, 15) is 9.59 Å². The third-order valence-corrected chi connectivity index (χ3v) is 7.41. The van der Waals surface area contributed by atoms with Crippen LogP contribution >= 0.6 is 0 Å². The lowest BCUT2D eigenvalue weighted by Crippen LogP contribution is -2.53. The average molecular weight is 423 g/mol. The largest absolute Gasteiger partial charge is 0.328 e. The summed E-state index contributed by atoms with van der Waals surface area (Å²) in [5.41, 5.74) is 2.61. The van der Waals surface area contributed by atoms with Gasteiger partial charge in [-0.2, -0.15) is 5.10 Å². The molecule has 1 aliphatic carbocycles. The minimum Gasteiger partial charge on any atom is -0.328 e. The fourth-order valence-electron chi connectivity index (χ4n) is 5.31. The van der Waals surface area contributed by atoms with Gasteiger partial charge in [0.1, 0.15) is 0 Å². The Morgan fingerprint density at radius 3 is 2.48 bits per heavy atom. The van der Waals surface area contributed by atoms with Crippen LogP contribution in [0.5, 0.6) is 0 Å². The van der Waals surface area contributed by atoms with E-state index in [1.165, 1.54) is 0 Å². The van der Waals surface area contributed by atoms with Crippen molar-refractivity contribution in [3.05, 3.63) is 47.2 Å². The van der Waals surface area contributed by atoms with Crippen molar-refractivity contribution in [2.24, 2.45) is 18.4 Å². The van der Waals surface area contributed by atoms with Gasteiger partial charge in [-0.05, 0) is 55.6 Å². The minimum atomic E-state index is -0.453. The standard InChI is InChI=1S/C25H34N4O2/c1-17-14-21(27-28(17)5)26-22(30)15-25(12-10-19(11-13-25)24(2,3)4)29-16-18-8-6-7-9-20(18)23(29)31/h6-9,14,19H,10-13,15-16H2,1-5H3,(H,26,27,30). The molecule has 31 heavy (non-hydrogen) atoms. The Kier molecular flexibility index (Phi) is 5.44. The van der Waals surface area contributed by atoms with E-state index < -0.39 is 5.54 Å². The quantitative estimate of drug-likeness (QED) is 0.777. The zero-order valence-electron chi connectivity index (χ0n) is 19.4. The molecular weight excluding hydrogens is 388 g/mol. The number of nitrogens with one attached hydrogen (secondary N) is 1. The maximum absolute atomic E-state index is 13.3. The van der Waals surface area contributed by atoms with E-state index in [-0.39, 0.29) is 17.2 Å². The number of hydrogen-bond acceptors (Lipinski definition) is 3. The van der Waals surface area contributed by atoms with E-state index in [1.54, 1.807) is 4.68 Å². The van der Waals surface area contributed by atoms with Crippen LogP contribution in [0, 0.1) is 18.3 Å². The molecule has 166 valence electrons. The number of carbonyl (C=O) groups excluding carboxylic acids is 2. The number of rotatable bonds is 4. The highest BCUT2D eigenvalue weighted by atomic mass is 16.2. The first kappa shape index (κ1) is 21.6. The third kappa shape index (κ3) is 4.12. The first-order valence-corrected chi connectivity index (χ1v) is 11.3. The van der Waals surface area contributed by atoms with Crippen LogP contribution in [0.15, 0.2) is 30.3 Å². The number of nitrogens with zero attached hydrogens (tertiary/aromatic N) is 3. The lowest BCUT2D eigenvalue weighted by Gasteiger charge is -2.48. The number of carbonyl (C=O) groups is 2. The Balaban J connectivity index is 1.58. The highest BCUT2D eigenvalue weighted by Gasteiger charge is 2.48. The Morgan fingerprint density at radius 2 is 1.90 bits per heavy atom. The Labute approximate surface area is 185 Å². The van der Waals surface area contributed by atoms with Gasteiger partial charge in [0, 0.05) is 30.9 Å². The zero-order valence-corrected chi connectivity index (χ0v) is 19.4. The summed E-state index contributed by atoms with van der Waals surface area (Å²) in [6.45, 7) is 9.41. The van der Waals surface area contributed by atoms with Gasteiger partial charge in [-0.1, -0.05) is 39.0 Å². The predicted octanol–water partition coefficient (Wildman–Crippen LogP) is 4.69. The normalized spacial score (nSPS) is 23.7. The molecule has 0 bridgehead atoms. The van der Waals surface area contributed by atoms with Crippen LogP contribution in [0.4, 0.5) is 5.82 Å². The number of anilines is 1. The van der Waals surface area contributed by atoms with Crippen LogP contribution < -0.4 is 5.32 Å². The molecule has 1 saturated carbocycles. The summed E-state index contributed by atoms with van der Waals surface area (Å²) >= 11 is 0. The fraction of sp³-hybridized carbons (Fsp3) is 0.560. The number of hydrogen-bond donors (Lipinski definition) is 1. The topological polar surface area (TPSA) is 67.2 Å². The molecule has 0 saturated heterocycles. The summed E-state index contributed by atoms with van der Waals surface area (Å²) < 4.78 is 1.75. The minimum absolute atomic E-state index is 0.0614. The van der Waals surface area contributed by atoms with E-state index in [2.05, 4.69) is 31.2 Å². The van der Waals surface area contributed by atoms with Crippen molar-refractivity contribution in [3.63, 3.8) is 0 Å². The van der Waals surface area contributed by atoms with E-state index >= 15 is 0 Å². The lowest BCUT2D eigenvalue weighted by molar-refractivity contribution is -0.119. The van der Waals surface area contributed by atoms with E-state index in [0.717, 1.165) is 42.5 Å². The highest BCUT2D eigenvalue weighted by Crippen LogP contribution is 2.47. The van der Waals surface area contributed by atoms with Crippen molar-refractivity contribution in [2.45, 2.75) is 71.9 Å². The first-order valence-electron chi connectivity index (χ1n) is 11.3. The van der Waals surface area contributed by atoms with E-state index in [0.29, 0.717) is 24.7 Å². The summed E-state index contributed by atoms with van der Waals surface area (Å²) in [7, 11) is 1.86. The van der Waals surface area contributed by atoms with Gasteiger partial charge in [0.25, 0.3) is 5.91 Å². The second kappa shape index (κ2) is 7.81. The first-order chi connectivity index (χ1) is 14.6. The van der Waals surface area contributed by atoms with Gasteiger partial charge >= 0.3 is 0 Å². The molecule has 1 aromatic heterocycles. The zero-order chi connectivity index (χ0) is 22.4. The molecule has 2 amide bonds. The van der Waals surface area contributed by atoms with Crippen LogP contribution in [0.3, 0.4) is 0 Å². The molecule has 0 atom stereocenters. The summed E-state index contributed by atoms with van der Waals surface area (Å²) in [4.78, 5) is 28.5. The summed E-state index contributed by atoms with van der Waals surface area (Å²) in [5.74, 6) is 1.16. The predicted molar refractivity (Wildman–Crippen MR) is 122 cm³/mol. The van der Waals surface area contributed by atoms with Gasteiger partial charge in [0.15, 0.2) is 5.82 Å². The van der Waals surface area contributed by atoms with Crippen LogP contribution in [0.2, 0.25) is 0 Å². The van der Waals surface area contributed by atoms with E-state index in [1.807, 2.05) is 49.2 Å². The molecule has 2 heterocycles. The SMILES string of the molecule is Cc1cc(NC(=O)CC2(N3Cc4ccccc4C3=O)CCC(C(C)(C)C)CC2)nn1C. The maximum atomic E-state index is 13.3. The third-order valence-electron chi connectivity index (χ3n) is 7.41. The lowest BCUT2D eigenvalue weighted by atomic mass is 9.66. The fourth-order valence-corrected chi connectivity index (χ4v) is 5.31. The van der Waals surface area contributed by atoms with Gasteiger partial charge in [0.05, 0.1) is 12.0 Å².